The van der Waals surface area contributed by atoms with E-state index in [9.17, 15) is 19.5 Å². The first-order chi connectivity index (χ1) is 9.42. The van der Waals surface area contributed by atoms with Crippen molar-refractivity contribution in [3.8, 4) is 0 Å². The molecule has 0 aromatic heterocycles. The van der Waals surface area contributed by atoms with Crippen molar-refractivity contribution in [1.29, 1.82) is 0 Å². The third-order valence-electron chi connectivity index (χ3n) is 2.40. The van der Waals surface area contributed by atoms with Gasteiger partial charge in [0.2, 0.25) is 0 Å². The quantitative estimate of drug-likeness (QED) is 0.310. The van der Waals surface area contributed by atoms with Crippen LogP contribution in [0.2, 0.25) is 0 Å². The first kappa shape index (κ1) is 24.0. The van der Waals surface area contributed by atoms with E-state index in [0.717, 1.165) is 11.5 Å². The second-order valence-corrected chi connectivity index (χ2v) is 5.97. The zero-order valence-corrected chi connectivity index (χ0v) is 17.3. The van der Waals surface area contributed by atoms with Crippen molar-refractivity contribution in [3.63, 3.8) is 0 Å². The van der Waals surface area contributed by atoms with Crippen LogP contribution in [0.5, 0.6) is 0 Å². The Kier molecular flexibility index (Phi) is 16.3. The van der Waals surface area contributed by atoms with E-state index in [-0.39, 0.29) is 69.4 Å². The number of carbonyl (C=O) groups excluding carboxylic acids is 3. The third kappa shape index (κ3) is 11.9. The number of nitrogens with two attached hydrogens (primary N) is 1. The number of thioether (sulfide) groups is 2. The topological polar surface area (TPSA) is 124 Å². The summed E-state index contributed by atoms with van der Waals surface area (Å²) in [6, 6.07) is -1.48. The predicted octanol–water partition coefficient (Wildman–Crippen LogP) is -4.23. The van der Waals surface area contributed by atoms with E-state index in [1.54, 1.807) is 23.5 Å². The van der Waals surface area contributed by atoms with E-state index in [2.05, 4.69) is 10.6 Å². The molecule has 1 rings (SSSR count). The van der Waals surface area contributed by atoms with Crippen molar-refractivity contribution < 1.29 is 70.9 Å². The monoisotopic (exact) mass is 361 g/mol. The third-order valence-corrected chi connectivity index (χ3v) is 3.69. The molecule has 1 saturated heterocycles. The molecule has 0 bridgehead atoms. The number of carbonyl (C=O) groups is 3. The van der Waals surface area contributed by atoms with Gasteiger partial charge in [-0.3, -0.25) is 10.1 Å². The summed E-state index contributed by atoms with van der Waals surface area (Å²) < 4.78 is 0. The second kappa shape index (κ2) is 14.3. The van der Waals surface area contributed by atoms with E-state index in [1.165, 1.54) is 0 Å². The molecule has 2 unspecified atom stereocenters. The van der Waals surface area contributed by atoms with Crippen LogP contribution in [-0.4, -0.2) is 54.0 Å². The molecule has 0 saturated carbocycles. The second-order valence-electron chi connectivity index (χ2n) is 4.00. The van der Waals surface area contributed by atoms with Crippen LogP contribution in [0, 0.1) is 0 Å². The fourth-order valence-electron chi connectivity index (χ4n) is 1.26. The van der Waals surface area contributed by atoms with E-state index in [0.29, 0.717) is 12.8 Å². The maximum atomic E-state index is 10.9. The van der Waals surface area contributed by atoms with Crippen LogP contribution < -0.4 is 72.9 Å². The van der Waals surface area contributed by atoms with Gasteiger partial charge >= 0.3 is 57.4 Å². The number of rotatable bonds is 7. The van der Waals surface area contributed by atoms with Crippen LogP contribution in [0.4, 0.5) is 4.79 Å². The van der Waals surface area contributed by atoms with E-state index < -0.39 is 12.0 Å². The molecule has 0 aromatic carbocycles. The number of carboxylic acids is 1. The van der Waals surface area contributed by atoms with Crippen molar-refractivity contribution in [1.82, 2.24) is 10.6 Å². The first-order valence-electron chi connectivity index (χ1n) is 5.98. The Morgan fingerprint density at radius 1 is 1.33 bits per heavy atom. The van der Waals surface area contributed by atoms with Gasteiger partial charge in [0.25, 0.3) is 5.91 Å². The summed E-state index contributed by atoms with van der Waals surface area (Å²) in [4.78, 5) is 31.4. The summed E-state index contributed by atoms with van der Waals surface area (Å²) in [5, 5.41) is 14.7. The minimum atomic E-state index is -1.16. The fraction of sp³-hybridized carbons (Fsp3) is 0.727. The Labute approximate surface area is 175 Å². The van der Waals surface area contributed by atoms with Gasteiger partial charge in [-0.2, -0.15) is 23.5 Å². The summed E-state index contributed by atoms with van der Waals surface area (Å²) in [7, 11) is 0. The van der Waals surface area contributed by atoms with Gasteiger partial charge in [-0.05, 0) is 36.9 Å². The molecule has 1 aliphatic rings. The van der Waals surface area contributed by atoms with E-state index in [4.69, 9.17) is 5.73 Å². The minimum absolute atomic E-state index is 0. The zero-order valence-electron chi connectivity index (χ0n) is 12.5. The molecule has 7 nitrogen and oxygen atoms in total. The van der Waals surface area contributed by atoms with Crippen LogP contribution in [0.25, 0.3) is 0 Å². The minimum Gasteiger partial charge on any atom is -0.548 e. The van der Waals surface area contributed by atoms with Crippen molar-refractivity contribution in [2.24, 2.45) is 5.73 Å². The largest absolute Gasteiger partial charge is 1.00 e. The number of aliphatic carboxylic acids is 1. The van der Waals surface area contributed by atoms with E-state index in [1.807, 2.05) is 12.5 Å². The van der Waals surface area contributed by atoms with Gasteiger partial charge in [0.15, 0.2) is 0 Å². The molecule has 2 atom stereocenters. The smallest absolute Gasteiger partial charge is 0.548 e. The molecular weight excluding hydrogens is 341 g/mol. The van der Waals surface area contributed by atoms with Crippen LogP contribution in [0.3, 0.4) is 0 Å². The molecule has 1 fully saturated rings. The molecule has 1 aliphatic heterocycles. The number of nitrogens with one attached hydrogen (secondary N) is 2. The first-order valence-corrected chi connectivity index (χ1v) is 8.76. The van der Waals surface area contributed by atoms with Crippen molar-refractivity contribution in [3.05, 3.63) is 0 Å². The number of imide groups is 1. The molecule has 1 heterocycles. The molecule has 0 aromatic rings. The van der Waals surface area contributed by atoms with Gasteiger partial charge in [0.1, 0.15) is 6.04 Å². The van der Waals surface area contributed by atoms with Crippen LogP contribution in [-0.2, 0) is 9.59 Å². The van der Waals surface area contributed by atoms with Gasteiger partial charge in [0, 0.05) is 6.04 Å². The zero-order chi connectivity index (χ0) is 15.5. The molecule has 0 aliphatic carbocycles. The molecular formula is C11H20KN3O4S2. The summed E-state index contributed by atoms with van der Waals surface area (Å²) in [5.74, 6) is 0.293. The average Bonchev–Trinajstić information content (AvgIpc) is 2.72. The van der Waals surface area contributed by atoms with Crippen LogP contribution >= 0.6 is 23.5 Å². The van der Waals surface area contributed by atoms with Crippen LogP contribution in [0.15, 0.2) is 0 Å². The Morgan fingerprint density at radius 3 is 2.29 bits per heavy atom. The number of hydrogen-bond donors (Lipinski definition) is 3. The van der Waals surface area contributed by atoms with Gasteiger partial charge in [-0.15, -0.1) is 0 Å². The van der Waals surface area contributed by atoms with Gasteiger partial charge in [0.05, 0.1) is 5.97 Å². The molecule has 21 heavy (non-hydrogen) atoms. The van der Waals surface area contributed by atoms with E-state index >= 15 is 0 Å². The standard InChI is InChI=1S/C6H10N2O2S.C5H11NO2S.K/c1-11-3-2-4-5(9)8-6(10)7-4;1-9-3-2-4(6)5(7)8;/h4H,2-3H2,1H3,(H2,7,8,9,10);4H,2-3,6H2,1H3,(H,7,8);/q;;+1/p-1. The Balaban J connectivity index is 0. The predicted molar refractivity (Wildman–Crippen MR) is 79.4 cm³/mol. The van der Waals surface area contributed by atoms with Crippen molar-refractivity contribution >= 4 is 41.4 Å². The number of hydrogen-bond acceptors (Lipinski definition) is 7. The summed E-state index contributed by atoms with van der Waals surface area (Å²) in [5.41, 5.74) is 5.13. The molecule has 0 radical (unpaired) electrons. The maximum absolute atomic E-state index is 10.9. The Morgan fingerprint density at radius 2 is 1.90 bits per heavy atom. The van der Waals surface area contributed by atoms with Crippen molar-refractivity contribution in [2.45, 2.75) is 24.9 Å². The maximum Gasteiger partial charge on any atom is 1.00 e. The molecule has 4 N–H and O–H groups in total. The fourth-order valence-corrected chi connectivity index (χ4v) is 2.22. The summed E-state index contributed by atoms with van der Waals surface area (Å²) in [6.45, 7) is 0. The Bertz CT molecular complexity index is 347. The molecule has 0 spiro atoms. The van der Waals surface area contributed by atoms with Crippen LogP contribution in [0.1, 0.15) is 12.8 Å². The molecule has 3 amide bonds. The van der Waals surface area contributed by atoms with Gasteiger partial charge in [-0.1, -0.05) is 0 Å². The van der Waals surface area contributed by atoms with Gasteiger partial charge in [-0.25, -0.2) is 4.79 Å². The SMILES string of the molecule is CSCCC(N)C(=O)[O-].CSCCC1NC(=O)NC1=O.[K+]. The van der Waals surface area contributed by atoms with Crippen molar-refractivity contribution in [2.75, 3.05) is 24.0 Å². The number of carboxylic acid groups (broad SMARTS) is 1. The molecule has 10 heteroatoms. The average molecular weight is 362 g/mol. The number of amides is 3. The number of urea groups is 1. The summed E-state index contributed by atoms with van der Waals surface area (Å²) in [6.07, 6.45) is 5.07. The van der Waals surface area contributed by atoms with Gasteiger partial charge < -0.3 is 21.0 Å². The Hall–Kier alpha value is 0.706. The summed E-state index contributed by atoms with van der Waals surface area (Å²) >= 11 is 3.24. The molecule has 116 valence electrons. The normalized spacial score (nSPS) is 17.8.